The van der Waals surface area contributed by atoms with Gasteiger partial charge in [0.05, 0.1) is 12.1 Å². The first-order chi connectivity index (χ1) is 8.99. The van der Waals surface area contributed by atoms with Crippen LogP contribution >= 0.6 is 11.6 Å². The first kappa shape index (κ1) is 13.4. The molecule has 7 heteroatoms. The normalized spacial score (nSPS) is 10.5. The lowest BCUT2D eigenvalue weighted by atomic mass is 10.1. The Balaban J connectivity index is 2.51. The quantitative estimate of drug-likeness (QED) is 0.938. The van der Waals surface area contributed by atoms with Gasteiger partial charge in [0.1, 0.15) is 0 Å². The summed E-state index contributed by atoms with van der Waals surface area (Å²) in [5.74, 6) is -2.64. The van der Waals surface area contributed by atoms with Gasteiger partial charge in [0.2, 0.25) is 5.91 Å². The van der Waals surface area contributed by atoms with Gasteiger partial charge in [-0.2, -0.15) is 0 Å². The zero-order valence-electron chi connectivity index (χ0n) is 9.53. The Hall–Kier alpha value is -2.08. The van der Waals surface area contributed by atoms with Crippen LogP contribution in [0.4, 0.5) is 8.78 Å². The van der Waals surface area contributed by atoms with Gasteiger partial charge in [-0.25, -0.2) is 8.78 Å². The molecule has 0 radical (unpaired) electrons. The summed E-state index contributed by atoms with van der Waals surface area (Å²) in [6.45, 7) is 0. The minimum atomic E-state index is -1.04. The van der Waals surface area contributed by atoms with Gasteiger partial charge in [0.15, 0.2) is 16.8 Å². The Bertz CT molecular complexity index is 649. The summed E-state index contributed by atoms with van der Waals surface area (Å²) in [6, 6.07) is 5.05. The highest BCUT2D eigenvalue weighted by atomic mass is 35.5. The molecule has 2 N–H and O–H groups in total. The maximum Gasteiger partial charge on any atom is 0.221 e. The third-order valence-corrected chi connectivity index (χ3v) is 2.73. The van der Waals surface area contributed by atoms with Crippen molar-refractivity contribution >= 4 is 17.5 Å². The fraction of sp³-hybridized carbons (Fsp3) is 0.0833. The molecule has 1 heterocycles. The highest BCUT2D eigenvalue weighted by molar-refractivity contribution is 6.30. The first-order valence-electron chi connectivity index (χ1n) is 5.24. The van der Waals surface area contributed by atoms with Gasteiger partial charge in [-0.15, -0.1) is 10.2 Å². The smallest absolute Gasteiger partial charge is 0.221 e. The number of nitrogens with two attached hydrogens (primary N) is 1. The van der Waals surface area contributed by atoms with Crippen molar-refractivity contribution in [2.24, 2.45) is 5.73 Å². The molecule has 0 fully saturated rings. The molecule has 0 aliphatic heterocycles. The monoisotopic (exact) mass is 283 g/mol. The first-order valence-corrected chi connectivity index (χ1v) is 5.61. The Morgan fingerprint density at radius 2 is 2.05 bits per heavy atom. The molecule has 98 valence electrons. The number of nitrogens with zero attached hydrogens (tertiary/aromatic N) is 2. The second-order valence-corrected chi connectivity index (χ2v) is 4.15. The lowest BCUT2D eigenvalue weighted by Crippen LogP contribution is -2.14. The Morgan fingerprint density at radius 3 is 2.74 bits per heavy atom. The summed E-state index contributed by atoms with van der Waals surface area (Å²) < 4.78 is 26.7. The molecule has 0 aliphatic carbocycles. The third-order valence-electron chi connectivity index (χ3n) is 2.41. The molecule has 4 nitrogen and oxygen atoms in total. The van der Waals surface area contributed by atoms with E-state index in [-0.39, 0.29) is 22.8 Å². The number of primary amides is 1. The molecule has 0 spiro atoms. The van der Waals surface area contributed by atoms with E-state index in [1.807, 2.05) is 0 Å². The molecule has 0 unspecified atom stereocenters. The summed E-state index contributed by atoms with van der Waals surface area (Å²) in [5.41, 5.74) is 5.39. The number of carbonyl (C=O) groups is 1. The van der Waals surface area contributed by atoms with Crippen molar-refractivity contribution in [1.82, 2.24) is 10.2 Å². The van der Waals surface area contributed by atoms with Crippen molar-refractivity contribution in [1.29, 1.82) is 0 Å². The van der Waals surface area contributed by atoms with Crippen LogP contribution < -0.4 is 5.73 Å². The van der Waals surface area contributed by atoms with Crippen LogP contribution in [0.15, 0.2) is 24.3 Å². The molecule has 2 rings (SSSR count). The van der Waals surface area contributed by atoms with E-state index in [4.69, 9.17) is 17.3 Å². The van der Waals surface area contributed by atoms with E-state index in [1.165, 1.54) is 18.2 Å². The number of amides is 1. The molecule has 2 aromatic rings. The Morgan fingerprint density at radius 1 is 1.32 bits per heavy atom. The average molecular weight is 284 g/mol. The Kier molecular flexibility index (Phi) is 3.71. The van der Waals surface area contributed by atoms with Crippen LogP contribution in [0.3, 0.4) is 0 Å². The van der Waals surface area contributed by atoms with E-state index in [1.54, 1.807) is 0 Å². The van der Waals surface area contributed by atoms with E-state index in [0.29, 0.717) is 5.56 Å². The molecule has 1 aromatic heterocycles. The summed E-state index contributed by atoms with van der Waals surface area (Å²) in [4.78, 5) is 10.9. The fourth-order valence-corrected chi connectivity index (χ4v) is 1.72. The Labute approximate surface area is 112 Å². The van der Waals surface area contributed by atoms with Gasteiger partial charge < -0.3 is 5.73 Å². The summed E-state index contributed by atoms with van der Waals surface area (Å²) >= 11 is 5.75. The molecule has 0 atom stereocenters. The van der Waals surface area contributed by atoms with Crippen molar-refractivity contribution in [3.63, 3.8) is 0 Å². The maximum absolute atomic E-state index is 13.6. The number of aromatic nitrogens is 2. The molecule has 1 aromatic carbocycles. The van der Waals surface area contributed by atoms with Gasteiger partial charge in [0.25, 0.3) is 0 Å². The predicted molar refractivity (Wildman–Crippen MR) is 65.3 cm³/mol. The SMILES string of the molecule is NC(=O)Cc1cc(-c2cccc(F)c2F)nnc1Cl. The fourth-order valence-electron chi connectivity index (χ4n) is 1.56. The molecular formula is C12H8ClF2N3O. The van der Waals surface area contributed by atoms with Crippen LogP contribution in [0.2, 0.25) is 5.15 Å². The van der Waals surface area contributed by atoms with Gasteiger partial charge in [-0.1, -0.05) is 17.7 Å². The van der Waals surface area contributed by atoms with E-state index in [2.05, 4.69) is 10.2 Å². The van der Waals surface area contributed by atoms with Crippen molar-refractivity contribution in [3.8, 4) is 11.3 Å². The second-order valence-electron chi connectivity index (χ2n) is 3.79. The lowest BCUT2D eigenvalue weighted by molar-refractivity contribution is -0.117. The summed E-state index contributed by atoms with van der Waals surface area (Å²) in [6.07, 6.45) is -0.154. The standard InChI is InChI=1S/C12H8ClF2N3O/c13-12-6(5-10(16)19)4-9(17-18-12)7-2-1-3-8(14)11(7)15/h1-4H,5H2,(H2,16,19). The predicted octanol–water partition coefficient (Wildman–Crippen LogP) is 2.10. The molecule has 19 heavy (non-hydrogen) atoms. The number of carbonyl (C=O) groups excluding carboxylic acids is 1. The zero-order valence-corrected chi connectivity index (χ0v) is 10.3. The number of benzene rings is 1. The van der Waals surface area contributed by atoms with Crippen LogP contribution in [-0.4, -0.2) is 16.1 Å². The highest BCUT2D eigenvalue weighted by Crippen LogP contribution is 2.25. The number of hydrogen-bond donors (Lipinski definition) is 1. The molecule has 0 bridgehead atoms. The largest absolute Gasteiger partial charge is 0.369 e. The topological polar surface area (TPSA) is 68.9 Å². The van der Waals surface area contributed by atoms with Gasteiger partial charge >= 0.3 is 0 Å². The number of rotatable bonds is 3. The molecule has 0 aliphatic rings. The van der Waals surface area contributed by atoms with Crippen LogP contribution in [0, 0.1) is 11.6 Å². The molecule has 0 saturated heterocycles. The van der Waals surface area contributed by atoms with Gasteiger partial charge in [0, 0.05) is 11.1 Å². The molecule has 1 amide bonds. The van der Waals surface area contributed by atoms with Crippen molar-refractivity contribution in [3.05, 3.63) is 46.6 Å². The van der Waals surface area contributed by atoms with E-state index >= 15 is 0 Å². The highest BCUT2D eigenvalue weighted by Gasteiger charge is 2.14. The summed E-state index contributed by atoms with van der Waals surface area (Å²) in [5, 5.41) is 7.27. The summed E-state index contributed by atoms with van der Waals surface area (Å²) in [7, 11) is 0. The number of hydrogen-bond acceptors (Lipinski definition) is 3. The van der Waals surface area contributed by atoms with E-state index in [0.717, 1.165) is 6.07 Å². The van der Waals surface area contributed by atoms with E-state index < -0.39 is 17.5 Å². The lowest BCUT2D eigenvalue weighted by Gasteiger charge is -2.06. The van der Waals surface area contributed by atoms with Crippen molar-refractivity contribution in [2.75, 3.05) is 0 Å². The minimum absolute atomic E-state index is 0.000591. The van der Waals surface area contributed by atoms with Crippen LogP contribution in [0.5, 0.6) is 0 Å². The van der Waals surface area contributed by atoms with Crippen molar-refractivity contribution in [2.45, 2.75) is 6.42 Å². The number of halogens is 3. The van der Waals surface area contributed by atoms with Crippen LogP contribution in [0.25, 0.3) is 11.3 Å². The van der Waals surface area contributed by atoms with E-state index in [9.17, 15) is 13.6 Å². The van der Waals surface area contributed by atoms with Crippen LogP contribution in [0.1, 0.15) is 5.56 Å². The molecule has 0 saturated carbocycles. The second kappa shape index (κ2) is 5.27. The minimum Gasteiger partial charge on any atom is -0.369 e. The maximum atomic E-state index is 13.6. The zero-order chi connectivity index (χ0) is 14.0. The van der Waals surface area contributed by atoms with Crippen LogP contribution in [-0.2, 0) is 11.2 Å². The van der Waals surface area contributed by atoms with Crippen molar-refractivity contribution < 1.29 is 13.6 Å². The average Bonchev–Trinajstić information content (AvgIpc) is 2.35. The van der Waals surface area contributed by atoms with Gasteiger partial charge in [-0.05, 0) is 18.2 Å². The molecular weight excluding hydrogens is 276 g/mol. The van der Waals surface area contributed by atoms with Gasteiger partial charge in [-0.3, -0.25) is 4.79 Å². The third kappa shape index (κ3) is 2.85.